The molecule has 3 rings (SSSR count). The monoisotopic (exact) mass is 506 g/mol. The van der Waals surface area contributed by atoms with Gasteiger partial charge in [0.1, 0.15) is 18.2 Å². The molecule has 0 radical (unpaired) electrons. The maximum absolute atomic E-state index is 12.6. The van der Waals surface area contributed by atoms with Gasteiger partial charge in [-0.05, 0) is 25.0 Å². The number of rotatable bonds is 10. The number of amides is 2. The summed E-state index contributed by atoms with van der Waals surface area (Å²) in [6.07, 6.45) is 1.79. The predicted octanol–water partition coefficient (Wildman–Crippen LogP) is 3.50. The molecular weight excluding hydrogens is 477 g/mol. The molecule has 9 nitrogen and oxygen atoms in total. The van der Waals surface area contributed by atoms with Gasteiger partial charge in [0.15, 0.2) is 0 Å². The van der Waals surface area contributed by atoms with Crippen molar-refractivity contribution in [2.24, 2.45) is 5.92 Å². The Hall–Kier alpha value is -3.67. The fraction of sp³-hybridized carbons (Fsp3) is 0.417. The number of fused-ring (bicyclic) bond motifs is 1. The summed E-state index contributed by atoms with van der Waals surface area (Å²) in [4.78, 5) is 36.6. The Morgan fingerprint density at radius 2 is 1.89 bits per heavy atom. The minimum Gasteiger partial charge on any atom is -0.383 e. The van der Waals surface area contributed by atoms with Gasteiger partial charge < -0.3 is 25.7 Å². The summed E-state index contributed by atoms with van der Waals surface area (Å²) >= 11 is 0. The van der Waals surface area contributed by atoms with Crippen LogP contribution >= 0.6 is 0 Å². The summed E-state index contributed by atoms with van der Waals surface area (Å²) in [7, 11) is 1.55. The van der Waals surface area contributed by atoms with Crippen molar-refractivity contribution in [3.8, 4) is 11.1 Å². The van der Waals surface area contributed by atoms with Crippen molar-refractivity contribution in [2.45, 2.75) is 39.0 Å². The first kappa shape index (κ1) is 26.9. The van der Waals surface area contributed by atoms with E-state index in [-0.39, 0.29) is 17.9 Å². The van der Waals surface area contributed by atoms with Crippen LogP contribution in [0.1, 0.15) is 31.1 Å². The van der Waals surface area contributed by atoms with Gasteiger partial charge in [-0.1, -0.05) is 13.8 Å². The van der Waals surface area contributed by atoms with E-state index < -0.39 is 24.7 Å². The van der Waals surface area contributed by atoms with Gasteiger partial charge in [0.25, 0.3) is 5.91 Å². The number of pyridine rings is 2. The summed E-state index contributed by atoms with van der Waals surface area (Å²) < 4.78 is 42.7. The van der Waals surface area contributed by atoms with Crippen molar-refractivity contribution in [3.63, 3.8) is 0 Å². The van der Waals surface area contributed by atoms with Gasteiger partial charge in [-0.3, -0.25) is 14.6 Å². The number of hydrogen-bond donors (Lipinski definition) is 4. The molecule has 0 bridgehead atoms. The molecule has 2 atom stereocenters. The van der Waals surface area contributed by atoms with Gasteiger partial charge in [0.2, 0.25) is 5.91 Å². The van der Waals surface area contributed by atoms with E-state index in [1.54, 1.807) is 45.5 Å². The number of aromatic nitrogens is 3. The second-order valence-electron chi connectivity index (χ2n) is 8.81. The molecule has 0 spiro atoms. The van der Waals surface area contributed by atoms with E-state index in [9.17, 15) is 22.8 Å². The highest BCUT2D eigenvalue weighted by molar-refractivity contribution is 6.01. The average molecular weight is 507 g/mol. The highest BCUT2D eigenvalue weighted by atomic mass is 19.4. The average Bonchev–Trinajstić information content (AvgIpc) is 3.24. The van der Waals surface area contributed by atoms with Crippen molar-refractivity contribution in [1.82, 2.24) is 25.6 Å². The maximum atomic E-state index is 12.6. The largest absolute Gasteiger partial charge is 0.405 e. The standard InChI is InChI=1S/C24H29F3N6O3/c1-13(2)20(23(35)31-12-24(25,26)27)33-17-5-15(7-28-9-17)19-10-30-21-18(19)6-16(8-29-21)22(34)32-14(3)11-36-4/h5-10,13-14,20,33H,11-12H2,1-4H3,(H,29,30)(H,31,35)(H,32,34). The Labute approximate surface area is 206 Å². The van der Waals surface area contributed by atoms with E-state index in [0.29, 0.717) is 34.5 Å². The van der Waals surface area contributed by atoms with Crippen molar-refractivity contribution < 1.29 is 27.5 Å². The minimum atomic E-state index is -4.50. The lowest BCUT2D eigenvalue weighted by molar-refractivity contribution is -0.139. The molecule has 2 unspecified atom stereocenters. The van der Waals surface area contributed by atoms with Gasteiger partial charge in [-0.25, -0.2) is 4.98 Å². The Morgan fingerprint density at radius 1 is 1.14 bits per heavy atom. The summed E-state index contributed by atoms with van der Waals surface area (Å²) in [5.41, 5.74) is 2.77. The maximum Gasteiger partial charge on any atom is 0.405 e. The molecular formula is C24H29F3N6O3. The fourth-order valence-corrected chi connectivity index (χ4v) is 3.64. The Bertz CT molecular complexity index is 1210. The van der Waals surface area contributed by atoms with Crippen LogP contribution in [0.4, 0.5) is 18.9 Å². The van der Waals surface area contributed by atoms with Crippen LogP contribution in [0, 0.1) is 5.92 Å². The zero-order valence-electron chi connectivity index (χ0n) is 20.4. The molecule has 12 heteroatoms. The molecule has 0 aromatic carbocycles. The van der Waals surface area contributed by atoms with Crippen LogP contribution in [0.3, 0.4) is 0 Å². The number of carbonyl (C=O) groups excluding carboxylic acids is 2. The summed E-state index contributed by atoms with van der Waals surface area (Å²) in [5, 5.41) is 8.43. The highest BCUT2D eigenvalue weighted by Crippen LogP contribution is 2.30. The number of alkyl halides is 3. The first-order valence-electron chi connectivity index (χ1n) is 11.3. The Balaban J connectivity index is 1.84. The number of nitrogens with zero attached hydrogens (tertiary/aromatic N) is 2. The number of nitrogens with one attached hydrogen (secondary N) is 4. The molecule has 3 aromatic rings. The van der Waals surface area contributed by atoms with E-state index in [1.807, 2.05) is 12.2 Å². The minimum absolute atomic E-state index is 0.182. The van der Waals surface area contributed by atoms with Crippen molar-refractivity contribution in [2.75, 3.05) is 25.6 Å². The van der Waals surface area contributed by atoms with Gasteiger partial charge >= 0.3 is 6.18 Å². The lowest BCUT2D eigenvalue weighted by Crippen LogP contribution is -2.46. The smallest absolute Gasteiger partial charge is 0.383 e. The molecule has 0 saturated carbocycles. The van der Waals surface area contributed by atoms with E-state index in [1.165, 1.54) is 12.4 Å². The zero-order chi connectivity index (χ0) is 26.5. The third kappa shape index (κ3) is 6.94. The molecule has 3 aromatic heterocycles. The lowest BCUT2D eigenvalue weighted by atomic mass is 10.0. The molecule has 0 fully saturated rings. The number of aromatic amines is 1. The van der Waals surface area contributed by atoms with Crippen LogP contribution < -0.4 is 16.0 Å². The van der Waals surface area contributed by atoms with E-state index >= 15 is 0 Å². The number of halogens is 3. The second kappa shape index (κ2) is 11.4. The van der Waals surface area contributed by atoms with Gasteiger partial charge in [-0.15, -0.1) is 0 Å². The molecule has 0 aliphatic rings. The molecule has 0 aliphatic carbocycles. The van der Waals surface area contributed by atoms with E-state index in [2.05, 4.69) is 25.6 Å². The number of H-pyrrole nitrogens is 1. The quantitative estimate of drug-likeness (QED) is 0.334. The summed E-state index contributed by atoms with van der Waals surface area (Å²) in [5.74, 6) is -1.34. The van der Waals surface area contributed by atoms with Crippen molar-refractivity contribution in [1.29, 1.82) is 0 Å². The normalized spacial score (nSPS) is 13.4. The van der Waals surface area contributed by atoms with Gasteiger partial charge in [0, 0.05) is 54.5 Å². The molecule has 0 saturated heterocycles. The first-order chi connectivity index (χ1) is 17.0. The van der Waals surface area contributed by atoms with Crippen molar-refractivity contribution >= 4 is 28.5 Å². The number of methoxy groups -OCH3 is 1. The molecule has 2 amide bonds. The second-order valence-corrected chi connectivity index (χ2v) is 8.81. The van der Waals surface area contributed by atoms with Crippen molar-refractivity contribution in [3.05, 3.63) is 42.5 Å². The molecule has 194 valence electrons. The highest BCUT2D eigenvalue weighted by Gasteiger charge is 2.30. The van der Waals surface area contributed by atoms with Crippen LogP contribution in [-0.2, 0) is 9.53 Å². The number of anilines is 1. The van der Waals surface area contributed by atoms with Gasteiger partial charge in [-0.2, -0.15) is 13.2 Å². The van der Waals surface area contributed by atoms with Crippen LogP contribution in [0.15, 0.2) is 36.9 Å². The Kier molecular flexibility index (Phi) is 8.51. The summed E-state index contributed by atoms with van der Waals surface area (Å²) in [6, 6.07) is 2.36. The zero-order valence-corrected chi connectivity index (χ0v) is 20.4. The number of carbonyl (C=O) groups is 2. The van der Waals surface area contributed by atoms with E-state index in [0.717, 1.165) is 5.56 Å². The van der Waals surface area contributed by atoms with Crippen LogP contribution in [-0.4, -0.2) is 65.3 Å². The number of hydrogen-bond acceptors (Lipinski definition) is 6. The van der Waals surface area contributed by atoms with Gasteiger partial charge in [0.05, 0.1) is 17.9 Å². The third-order valence-corrected chi connectivity index (χ3v) is 5.37. The lowest BCUT2D eigenvalue weighted by Gasteiger charge is -2.23. The predicted molar refractivity (Wildman–Crippen MR) is 129 cm³/mol. The molecule has 3 heterocycles. The fourth-order valence-electron chi connectivity index (χ4n) is 3.64. The SMILES string of the molecule is COCC(C)NC(=O)c1cnc2[nH]cc(-c3cncc(NC(C(=O)NCC(F)(F)F)C(C)C)c3)c2c1. The van der Waals surface area contributed by atoms with Crippen LogP contribution in [0.2, 0.25) is 0 Å². The first-order valence-corrected chi connectivity index (χ1v) is 11.3. The third-order valence-electron chi connectivity index (χ3n) is 5.37. The summed E-state index contributed by atoms with van der Waals surface area (Å²) in [6.45, 7) is 4.25. The molecule has 36 heavy (non-hydrogen) atoms. The molecule has 0 aliphatic heterocycles. The van der Waals surface area contributed by atoms with E-state index in [4.69, 9.17) is 4.74 Å². The molecule has 4 N–H and O–H groups in total. The Morgan fingerprint density at radius 3 is 2.56 bits per heavy atom. The topological polar surface area (TPSA) is 121 Å². The van der Waals surface area contributed by atoms with Crippen LogP contribution in [0.25, 0.3) is 22.2 Å². The van der Waals surface area contributed by atoms with Crippen LogP contribution in [0.5, 0.6) is 0 Å². The number of ether oxygens (including phenoxy) is 1.